The molecule has 2 atom stereocenters. The van der Waals surface area contributed by atoms with E-state index < -0.39 is 0 Å². The summed E-state index contributed by atoms with van der Waals surface area (Å²) in [5, 5.41) is 6.38. The van der Waals surface area contributed by atoms with Gasteiger partial charge in [-0.05, 0) is 43.9 Å². The molecule has 2 bridgehead atoms. The van der Waals surface area contributed by atoms with E-state index in [1.807, 2.05) is 0 Å². The Morgan fingerprint density at radius 3 is 3.00 bits per heavy atom. The van der Waals surface area contributed by atoms with Crippen molar-refractivity contribution >= 4 is 11.6 Å². The lowest BCUT2D eigenvalue weighted by atomic mass is 10.1. The summed E-state index contributed by atoms with van der Waals surface area (Å²) < 4.78 is 13.5. The fraction of sp³-hybridized carbons (Fsp3) is 0.562. The van der Waals surface area contributed by atoms with E-state index >= 15 is 0 Å². The molecular weight excluding hydrogens is 269 g/mol. The predicted molar refractivity (Wildman–Crippen MR) is 80.8 cm³/mol. The van der Waals surface area contributed by atoms with Crippen LogP contribution in [0.2, 0.25) is 0 Å². The second-order valence-electron chi connectivity index (χ2n) is 6.17. The number of fused-ring (bicyclic) bond motifs is 2. The van der Waals surface area contributed by atoms with Crippen LogP contribution in [-0.4, -0.2) is 42.5 Å². The average molecular weight is 291 g/mol. The molecule has 1 amide bonds. The molecule has 0 spiro atoms. The number of anilines is 1. The van der Waals surface area contributed by atoms with Crippen LogP contribution in [0, 0.1) is 12.7 Å². The smallest absolute Gasteiger partial charge is 0.238 e. The number of hydrogen-bond acceptors (Lipinski definition) is 3. The third kappa shape index (κ3) is 3.60. The van der Waals surface area contributed by atoms with Gasteiger partial charge >= 0.3 is 0 Å². The Bertz CT molecular complexity index is 534. The molecule has 2 aliphatic heterocycles. The molecule has 1 aromatic carbocycles. The molecule has 1 aromatic rings. The van der Waals surface area contributed by atoms with Crippen LogP contribution in [0.5, 0.6) is 0 Å². The van der Waals surface area contributed by atoms with Gasteiger partial charge < -0.3 is 10.6 Å². The van der Waals surface area contributed by atoms with Crippen molar-refractivity contribution in [3.8, 4) is 0 Å². The Kier molecular flexibility index (Phi) is 4.22. The topological polar surface area (TPSA) is 44.4 Å². The number of carbonyl (C=O) groups is 1. The highest BCUT2D eigenvalue weighted by atomic mass is 19.1. The Balaban J connectivity index is 1.55. The van der Waals surface area contributed by atoms with E-state index in [0.29, 0.717) is 29.9 Å². The molecule has 3 rings (SSSR count). The molecule has 2 N–H and O–H groups in total. The summed E-state index contributed by atoms with van der Waals surface area (Å²) >= 11 is 0. The number of carbonyl (C=O) groups excluding carboxylic acids is 1. The highest BCUT2D eigenvalue weighted by Gasteiger charge is 2.29. The highest BCUT2D eigenvalue weighted by Crippen LogP contribution is 2.20. The van der Waals surface area contributed by atoms with Crippen LogP contribution in [0.15, 0.2) is 18.2 Å². The van der Waals surface area contributed by atoms with Gasteiger partial charge in [-0.2, -0.15) is 0 Å². The van der Waals surface area contributed by atoms with Crippen molar-refractivity contribution < 1.29 is 9.18 Å². The lowest BCUT2D eigenvalue weighted by Gasteiger charge is -2.23. The summed E-state index contributed by atoms with van der Waals surface area (Å²) in [4.78, 5) is 14.3. The summed E-state index contributed by atoms with van der Waals surface area (Å²) in [6, 6.07) is 5.93. The normalized spacial score (nSPS) is 25.6. The molecule has 2 heterocycles. The Morgan fingerprint density at radius 1 is 1.38 bits per heavy atom. The summed E-state index contributed by atoms with van der Waals surface area (Å²) in [6.07, 6.45) is 3.56. The first-order valence-corrected chi connectivity index (χ1v) is 7.64. The zero-order valence-electron chi connectivity index (χ0n) is 12.4. The summed E-state index contributed by atoms with van der Waals surface area (Å²) in [6.45, 7) is 3.95. The summed E-state index contributed by atoms with van der Waals surface area (Å²) in [7, 11) is 0. The molecule has 2 fully saturated rings. The van der Waals surface area contributed by atoms with E-state index in [1.54, 1.807) is 19.1 Å². The van der Waals surface area contributed by atoms with Crippen LogP contribution in [0.3, 0.4) is 0 Å². The van der Waals surface area contributed by atoms with Crippen molar-refractivity contribution in [1.29, 1.82) is 0 Å². The van der Waals surface area contributed by atoms with Gasteiger partial charge in [-0.15, -0.1) is 0 Å². The van der Waals surface area contributed by atoms with E-state index in [4.69, 9.17) is 0 Å². The predicted octanol–water partition coefficient (Wildman–Crippen LogP) is 1.90. The number of amides is 1. The Morgan fingerprint density at radius 2 is 2.19 bits per heavy atom. The van der Waals surface area contributed by atoms with E-state index in [9.17, 15) is 9.18 Å². The maximum Gasteiger partial charge on any atom is 0.238 e. The van der Waals surface area contributed by atoms with Crippen molar-refractivity contribution in [2.75, 3.05) is 25.0 Å². The molecule has 4 nitrogen and oxygen atoms in total. The third-order valence-corrected chi connectivity index (χ3v) is 4.43. The van der Waals surface area contributed by atoms with Gasteiger partial charge in [0.1, 0.15) is 5.82 Å². The van der Waals surface area contributed by atoms with E-state index in [0.717, 1.165) is 19.5 Å². The van der Waals surface area contributed by atoms with Crippen molar-refractivity contribution in [2.24, 2.45) is 0 Å². The fourth-order valence-corrected chi connectivity index (χ4v) is 3.23. The van der Waals surface area contributed by atoms with Gasteiger partial charge in [-0.25, -0.2) is 4.39 Å². The molecule has 0 aromatic heterocycles. The number of halogens is 1. The number of hydrogen-bond donors (Lipinski definition) is 2. The van der Waals surface area contributed by atoms with Crippen LogP contribution in [-0.2, 0) is 4.79 Å². The maximum atomic E-state index is 13.5. The quantitative estimate of drug-likeness (QED) is 0.894. The zero-order chi connectivity index (χ0) is 14.8. The molecule has 2 saturated heterocycles. The van der Waals surface area contributed by atoms with Gasteiger partial charge in [0, 0.05) is 30.9 Å². The first kappa shape index (κ1) is 14.5. The van der Waals surface area contributed by atoms with Gasteiger partial charge in [0.2, 0.25) is 5.91 Å². The molecule has 114 valence electrons. The maximum absolute atomic E-state index is 13.5. The zero-order valence-corrected chi connectivity index (χ0v) is 12.4. The molecule has 5 heteroatoms. The van der Waals surface area contributed by atoms with E-state index in [-0.39, 0.29) is 11.7 Å². The second kappa shape index (κ2) is 6.12. The number of aryl methyl sites for hydroxylation is 1. The van der Waals surface area contributed by atoms with Gasteiger partial charge in [0.05, 0.1) is 6.54 Å². The second-order valence-corrected chi connectivity index (χ2v) is 6.17. The number of nitrogens with one attached hydrogen (secondary N) is 2. The van der Waals surface area contributed by atoms with Gasteiger partial charge in [0.15, 0.2) is 0 Å². The first-order valence-electron chi connectivity index (χ1n) is 7.64. The van der Waals surface area contributed by atoms with Gasteiger partial charge in [0.25, 0.3) is 0 Å². The SMILES string of the molecule is Cc1ccc(NC(=O)CN2CCC3CCC(C2)N3)cc1F. The minimum absolute atomic E-state index is 0.0731. The average Bonchev–Trinajstić information content (AvgIpc) is 2.77. The van der Waals surface area contributed by atoms with Gasteiger partial charge in [-0.3, -0.25) is 9.69 Å². The lowest BCUT2D eigenvalue weighted by Crippen LogP contribution is -2.39. The van der Waals surface area contributed by atoms with E-state index in [2.05, 4.69) is 15.5 Å². The van der Waals surface area contributed by atoms with Crippen LogP contribution < -0.4 is 10.6 Å². The summed E-state index contributed by atoms with van der Waals surface area (Å²) in [5.74, 6) is -0.361. The van der Waals surface area contributed by atoms with Crippen molar-refractivity contribution in [3.05, 3.63) is 29.6 Å². The number of rotatable bonds is 3. The number of benzene rings is 1. The first-order chi connectivity index (χ1) is 10.1. The molecule has 2 unspecified atom stereocenters. The third-order valence-electron chi connectivity index (χ3n) is 4.43. The van der Waals surface area contributed by atoms with Crippen LogP contribution in [0.4, 0.5) is 10.1 Å². The lowest BCUT2D eigenvalue weighted by molar-refractivity contribution is -0.117. The van der Waals surface area contributed by atoms with Crippen LogP contribution in [0.1, 0.15) is 24.8 Å². The van der Waals surface area contributed by atoms with Crippen molar-refractivity contribution in [3.63, 3.8) is 0 Å². The Labute approximate surface area is 124 Å². The van der Waals surface area contributed by atoms with Crippen molar-refractivity contribution in [2.45, 2.75) is 38.3 Å². The van der Waals surface area contributed by atoms with Crippen LogP contribution >= 0.6 is 0 Å². The highest BCUT2D eigenvalue weighted by molar-refractivity contribution is 5.92. The minimum Gasteiger partial charge on any atom is -0.325 e. The monoisotopic (exact) mass is 291 g/mol. The van der Waals surface area contributed by atoms with E-state index in [1.165, 1.54) is 18.9 Å². The fourth-order valence-electron chi connectivity index (χ4n) is 3.23. The standard InChI is InChI=1S/C16H22FN3O/c1-11-2-3-13(8-15(11)17)19-16(21)10-20-7-6-12-4-5-14(9-20)18-12/h2-3,8,12,14,18H,4-7,9-10H2,1H3,(H,19,21). The molecule has 0 aliphatic carbocycles. The largest absolute Gasteiger partial charge is 0.325 e. The molecular formula is C16H22FN3O. The number of nitrogens with zero attached hydrogens (tertiary/aromatic N) is 1. The van der Waals surface area contributed by atoms with Crippen LogP contribution in [0.25, 0.3) is 0 Å². The minimum atomic E-state index is -0.288. The Hall–Kier alpha value is -1.46. The molecule has 21 heavy (non-hydrogen) atoms. The number of likely N-dealkylation sites (tertiary alicyclic amines) is 1. The molecule has 2 aliphatic rings. The molecule has 0 saturated carbocycles. The summed E-state index contributed by atoms with van der Waals surface area (Å²) in [5.41, 5.74) is 1.11. The van der Waals surface area contributed by atoms with Crippen molar-refractivity contribution in [1.82, 2.24) is 10.2 Å². The molecule has 0 radical (unpaired) electrons. The van der Waals surface area contributed by atoms with Gasteiger partial charge in [-0.1, -0.05) is 6.07 Å².